The van der Waals surface area contributed by atoms with Crippen molar-refractivity contribution in [1.82, 2.24) is 24.4 Å². The van der Waals surface area contributed by atoms with Gasteiger partial charge in [0, 0.05) is 36.9 Å². The molecule has 1 fully saturated rings. The number of fused-ring (bicyclic) bond motifs is 3. The van der Waals surface area contributed by atoms with E-state index in [1.165, 1.54) is 17.5 Å². The van der Waals surface area contributed by atoms with Crippen molar-refractivity contribution in [3.05, 3.63) is 60.7 Å². The highest BCUT2D eigenvalue weighted by atomic mass is 19.4. The number of aliphatic carboxylic acids is 1. The fourth-order valence-corrected chi connectivity index (χ4v) is 4.26. The van der Waals surface area contributed by atoms with Gasteiger partial charge in [-0.15, -0.1) is 0 Å². The molecular weight excluding hydrogens is 435 g/mol. The summed E-state index contributed by atoms with van der Waals surface area (Å²) in [6.45, 7) is 5.61. The smallest absolute Gasteiger partial charge is 0.475 e. The molecule has 0 radical (unpaired) electrons. The molecule has 2 atom stereocenters. The molecule has 7 nitrogen and oxygen atoms in total. The molecular formula is C23H24F3N5O2. The maximum atomic E-state index is 10.6. The van der Waals surface area contributed by atoms with Crippen molar-refractivity contribution >= 4 is 28.0 Å². The second-order valence-corrected chi connectivity index (χ2v) is 8.24. The molecule has 4 aromatic rings. The SMILES string of the molecule is C[C@@H]1CCN(Cc2ccccc2)C[C@@H]1n1ccc2cnc3[nH]cnc3c21.O=C(O)C(F)(F)F. The van der Waals surface area contributed by atoms with Crippen LogP contribution in [0.5, 0.6) is 0 Å². The lowest BCUT2D eigenvalue weighted by molar-refractivity contribution is -0.192. The van der Waals surface area contributed by atoms with Gasteiger partial charge >= 0.3 is 12.1 Å². The van der Waals surface area contributed by atoms with E-state index in [-0.39, 0.29) is 0 Å². The third-order valence-corrected chi connectivity index (χ3v) is 5.97. The number of carboxylic acids is 1. The van der Waals surface area contributed by atoms with Gasteiger partial charge in [0.1, 0.15) is 5.52 Å². The van der Waals surface area contributed by atoms with E-state index in [1.54, 1.807) is 6.33 Å². The lowest BCUT2D eigenvalue weighted by atomic mass is 9.92. The molecule has 0 spiro atoms. The Labute approximate surface area is 187 Å². The van der Waals surface area contributed by atoms with Crippen LogP contribution in [-0.2, 0) is 11.3 Å². The molecule has 10 heteroatoms. The summed E-state index contributed by atoms with van der Waals surface area (Å²) in [6.07, 6.45) is 2.03. The van der Waals surface area contributed by atoms with E-state index in [2.05, 4.69) is 73.9 Å². The van der Waals surface area contributed by atoms with Crippen molar-refractivity contribution in [3.63, 3.8) is 0 Å². The Morgan fingerprint density at radius 2 is 1.94 bits per heavy atom. The van der Waals surface area contributed by atoms with Crippen molar-refractivity contribution in [1.29, 1.82) is 0 Å². The van der Waals surface area contributed by atoms with Crippen LogP contribution in [-0.4, -0.2) is 54.8 Å². The second kappa shape index (κ2) is 9.22. The quantitative estimate of drug-likeness (QED) is 0.467. The number of likely N-dealkylation sites (tertiary alicyclic amines) is 1. The monoisotopic (exact) mass is 459 g/mol. The third-order valence-electron chi connectivity index (χ3n) is 5.97. The Balaban J connectivity index is 0.000000325. The number of aromatic amines is 1. The van der Waals surface area contributed by atoms with Crippen molar-refractivity contribution < 1.29 is 23.1 Å². The first-order valence-corrected chi connectivity index (χ1v) is 10.6. The highest BCUT2D eigenvalue weighted by Gasteiger charge is 2.38. The predicted molar refractivity (Wildman–Crippen MR) is 118 cm³/mol. The molecule has 0 bridgehead atoms. The molecule has 5 rings (SSSR count). The predicted octanol–water partition coefficient (Wildman–Crippen LogP) is 4.63. The minimum Gasteiger partial charge on any atom is -0.475 e. The number of pyridine rings is 1. The van der Waals surface area contributed by atoms with Crippen molar-refractivity contribution in [2.75, 3.05) is 13.1 Å². The van der Waals surface area contributed by atoms with E-state index >= 15 is 0 Å². The average Bonchev–Trinajstić information content (AvgIpc) is 3.42. The van der Waals surface area contributed by atoms with Crippen molar-refractivity contribution in [2.45, 2.75) is 32.1 Å². The van der Waals surface area contributed by atoms with Gasteiger partial charge in [-0.25, -0.2) is 14.8 Å². The standard InChI is InChI=1S/C21H23N5.C2HF3O2/c1-15-7-9-25(12-16-5-3-2-4-6-16)13-18(15)26-10-8-17-11-22-21-19(20(17)26)23-14-24-21;3-2(4,5)1(6)7/h2-6,8,10-11,14-15,18H,7,9,12-13H2,1H3,(H,22,23,24);(H,6,7)/t15-,18+;/m1./s1. The fraction of sp³-hybridized carbons (Fsp3) is 0.348. The highest BCUT2D eigenvalue weighted by molar-refractivity contribution is 6.00. The van der Waals surface area contributed by atoms with Crippen LogP contribution in [0.4, 0.5) is 13.2 Å². The Morgan fingerprint density at radius 1 is 1.21 bits per heavy atom. The van der Waals surface area contributed by atoms with Crippen LogP contribution in [0.25, 0.3) is 22.1 Å². The van der Waals surface area contributed by atoms with E-state index in [4.69, 9.17) is 9.90 Å². The molecule has 1 aliphatic heterocycles. The lowest BCUT2D eigenvalue weighted by Crippen LogP contribution is -2.40. The number of halogens is 3. The largest absolute Gasteiger partial charge is 0.490 e. The molecule has 4 heterocycles. The van der Waals surface area contributed by atoms with Gasteiger partial charge in [-0.2, -0.15) is 13.2 Å². The maximum absolute atomic E-state index is 10.6. The molecule has 1 aliphatic rings. The highest BCUT2D eigenvalue weighted by Crippen LogP contribution is 2.33. The number of piperidine rings is 1. The Hall–Kier alpha value is -3.40. The molecule has 1 saturated heterocycles. The van der Waals surface area contributed by atoms with E-state index < -0.39 is 12.1 Å². The summed E-state index contributed by atoms with van der Waals surface area (Å²) in [5.74, 6) is -2.12. The molecule has 1 aromatic carbocycles. The summed E-state index contributed by atoms with van der Waals surface area (Å²) in [5.41, 5.74) is 4.42. The zero-order valence-corrected chi connectivity index (χ0v) is 18.0. The van der Waals surface area contributed by atoms with Gasteiger partial charge < -0.3 is 14.7 Å². The summed E-state index contributed by atoms with van der Waals surface area (Å²) < 4.78 is 34.2. The number of carboxylic acid groups (broad SMARTS) is 1. The number of hydrogen-bond acceptors (Lipinski definition) is 4. The van der Waals surface area contributed by atoms with Crippen LogP contribution in [0.15, 0.2) is 55.1 Å². The second-order valence-electron chi connectivity index (χ2n) is 8.24. The minimum atomic E-state index is -5.08. The lowest BCUT2D eigenvalue weighted by Gasteiger charge is -2.38. The minimum absolute atomic E-state index is 0.451. The number of rotatable bonds is 3. The number of aromatic nitrogens is 4. The topological polar surface area (TPSA) is 87.0 Å². The molecule has 0 saturated carbocycles. The van der Waals surface area contributed by atoms with Crippen molar-refractivity contribution in [3.8, 4) is 0 Å². The van der Waals surface area contributed by atoms with Gasteiger partial charge in [-0.1, -0.05) is 37.3 Å². The van der Waals surface area contributed by atoms with E-state index in [0.717, 1.165) is 36.2 Å². The van der Waals surface area contributed by atoms with Crippen molar-refractivity contribution in [2.24, 2.45) is 5.92 Å². The van der Waals surface area contributed by atoms with E-state index in [9.17, 15) is 13.2 Å². The van der Waals surface area contributed by atoms with Gasteiger partial charge in [0.15, 0.2) is 5.65 Å². The molecule has 0 amide bonds. The first-order chi connectivity index (χ1) is 15.7. The molecule has 0 unspecified atom stereocenters. The number of carbonyl (C=O) groups is 1. The molecule has 174 valence electrons. The van der Waals surface area contributed by atoms with E-state index in [1.807, 2.05) is 6.20 Å². The van der Waals surface area contributed by atoms with Crippen LogP contribution in [0.2, 0.25) is 0 Å². The average molecular weight is 459 g/mol. The van der Waals surface area contributed by atoms with E-state index in [0.29, 0.717) is 12.0 Å². The maximum Gasteiger partial charge on any atom is 0.490 e. The number of imidazole rings is 1. The van der Waals surface area contributed by atoms with Crippen LogP contribution in [0.3, 0.4) is 0 Å². The van der Waals surface area contributed by atoms with Gasteiger partial charge in [0.05, 0.1) is 11.8 Å². The molecule has 33 heavy (non-hydrogen) atoms. The van der Waals surface area contributed by atoms with Gasteiger partial charge in [-0.3, -0.25) is 4.90 Å². The fourth-order valence-electron chi connectivity index (χ4n) is 4.26. The van der Waals surface area contributed by atoms with Crippen LogP contribution >= 0.6 is 0 Å². The number of nitrogens with one attached hydrogen (secondary N) is 1. The summed E-state index contributed by atoms with van der Waals surface area (Å²) in [5, 5.41) is 8.29. The van der Waals surface area contributed by atoms with Gasteiger partial charge in [0.25, 0.3) is 0 Å². The first kappa shape index (κ1) is 22.8. The number of hydrogen-bond donors (Lipinski definition) is 2. The molecule has 0 aliphatic carbocycles. The molecule has 3 aromatic heterocycles. The van der Waals surface area contributed by atoms with Crippen LogP contribution < -0.4 is 0 Å². The van der Waals surface area contributed by atoms with Crippen LogP contribution in [0, 0.1) is 5.92 Å². The number of benzene rings is 1. The summed E-state index contributed by atoms with van der Waals surface area (Å²) >= 11 is 0. The number of H-pyrrole nitrogens is 1. The summed E-state index contributed by atoms with van der Waals surface area (Å²) in [4.78, 5) is 23.6. The number of alkyl halides is 3. The number of nitrogens with zero attached hydrogens (tertiary/aromatic N) is 4. The van der Waals surface area contributed by atoms with Gasteiger partial charge in [-0.05, 0) is 30.5 Å². The zero-order chi connectivity index (χ0) is 23.6. The summed E-state index contributed by atoms with van der Waals surface area (Å²) in [6, 6.07) is 13.4. The Bertz CT molecular complexity index is 1240. The summed E-state index contributed by atoms with van der Waals surface area (Å²) in [7, 11) is 0. The zero-order valence-electron chi connectivity index (χ0n) is 18.0. The van der Waals surface area contributed by atoms with Crippen LogP contribution in [0.1, 0.15) is 24.9 Å². The molecule has 2 N–H and O–H groups in total. The Morgan fingerprint density at radius 3 is 2.64 bits per heavy atom. The normalized spacial score (nSPS) is 19.4. The van der Waals surface area contributed by atoms with Gasteiger partial charge in [0.2, 0.25) is 0 Å². The first-order valence-electron chi connectivity index (χ1n) is 10.6. The third kappa shape index (κ3) is 5.00. The Kier molecular flexibility index (Phi) is 6.37.